The number of ether oxygens (including phenoxy) is 2. The van der Waals surface area contributed by atoms with Crippen LogP contribution in [0.3, 0.4) is 0 Å². The van der Waals surface area contributed by atoms with Crippen LogP contribution in [0.25, 0.3) is 0 Å². The number of sulfonamides is 1. The third-order valence-corrected chi connectivity index (χ3v) is 5.56. The average molecular weight is 317 g/mol. The maximum Gasteiger partial charge on any atom is 0.246 e. The minimum Gasteiger partial charge on any atom is -0.493 e. The van der Waals surface area contributed by atoms with E-state index in [9.17, 15) is 12.8 Å². The molecule has 1 atom stereocenters. The van der Waals surface area contributed by atoms with Gasteiger partial charge in [0.05, 0.1) is 14.2 Å². The van der Waals surface area contributed by atoms with Gasteiger partial charge >= 0.3 is 0 Å². The van der Waals surface area contributed by atoms with Gasteiger partial charge in [-0.25, -0.2) is 12.8 Å². The number of halogens is 1. The van der Waals surface area contributed by atoms with E-state index in [0.29, 0.717) is 13.1 Å². The van der Waals surface area contributed by atoms with E-state index in [0.717, 1.165) is 18.9 Å². The monoisotopic (exact) mass is 317 g/mol. The van der Waals surface area contributed by atoms with Crippen molar-refractivity contribution >= 4 is 10.0 Å². The van der Waals surface area contributed by atoms with Gasteiger partial charge in [0.15, 0.2) is 11.5 Å². The maximum absolute atomic E-state index is 14.2. The minimum atomic E-state index is -3.86. The maximum atomic E-state index is 14.2. The molecule has 0 N–H and O–H groups in total. The van der Waals surface area contributed by atoms with Crippen LogP contribution in [0.2, 0.25) is 0 Å². The molecule has 1 aliphatic heterocycles. The lowest BCUT2D eigenvalue weighted by Crippen LogP contribution is -2.39. The van der Waals surface area contributed by atoms with Crippen molar-refractivity contribution < 1.29 is 22.3 Å². The van der Waals surface area contributed by atoms with Crippen molar-refractivity contribution in [3.8, 4) is 11.5 Å². The summed E-state index contributed by atoms with van der Waals surface area (Å²) in [6.45, 7) is 2.82. The fraction of sp³-hybridized carbons (Fsp3) is 0.571. The van der Waals surface area contributed by atoms with E-state index in [1.807, 2.05) is 6.92 Å². The molecule has 0 spiro atoms. The van der Waals surface area contributed by atoms with Crippen LogP contribution in [0.1, 0.15) is 19.8 Å². The molecular formula is C14H20FNO4S. The molecule has 0 radical (unpaired) electrons. The Balaban J connectivity index is 2.44. The van der Waals surface area contributed by atoms with Gasteiger partial charge in [-0.05, 0) is 18.8 Å². The second kappa shape index (κ2) is 6.19. The first-order chi connectivity index (χ1) is 9.90. The molecule has 1 aromatic carbocycles. The highest BCUT2D eigenvalue weighted by Crippen LogP contribution is 2.34. The fourth-order valence-corrected chi connectivity index (χ4v) is 4.20. The number of piperidine rings is 1. The van der Waals surface area contributed by atoms with Gasteiger partial charge in [0, 0.05) is 25.2 Å². The summed E-state index contributed by atoms with van der Waals surface area (Å²) in [7, 11) is -1.10. The lowest BCUT2D eigenvalue weighted by molar-refractivity contribution is 0.280. The highest BCUT2D eigenvalue weighted by Gasteiger charge is 2.32. The summed E-state index contributed by atoms with van der Waals surface area (Å²) in [4.78, 5) is -0.366. The molecule has 7 heteroatoms. The van der Waals surface area contributed by atoms with E-state index in [1.165, 1.54) is 24.6 Å². The molecule has 21 heavy (non-hydrogen) atoms. The molecule has 1 fully saturated rings. The molecule has 0 aliphatic carbocycles. The second-order valence-electron chi connectivity index (χ2n) is 5.25. The summed E-state index contributed by atoms with van der Waals surface area (Å²) in [5.74, 6) is -0.189. The molecule has 0 amide bonds. The Labute approximate surface area is 124 Å². The Hall–Kier alpha value is -1.34. The number of methoxy groups -OCH3 is 2. The molecule has 0 saturated carbocycles. The third-order valence-electron chi connectivity index (χ3n) is 3.68. The summed E-state index contributed by atoms with van der Waals surface area (Å²) in [6, 6.07) is 2.22. The summed E-state index contributed by atoms with van der Waals surface area (Å²) < 4.78 is 50.8. The van der Waals surface area contributed by atoms with Gasteiger partial charge in [-0.2, -0.15) is 4.31 Å². The predicted octanol–water partition coefficient (Wildman–Crippen LogP) is 2.26. The third kappa shape index (κ3) is 3.13. The van der Waals surface area contributed by atoms with E-state index >= 15 is 0 Å². The van der Waals surface area contributed by atoms with Crippen molar-refractivity contribution in [3.05, 3.63) is 17.9 Å². The van der Waals surface area contributed by atoms with E-state index in [1.54, 1.807) is 0 Å². The highest BCUT2D eigenvalue weighted by atomic mass is 32.2. The van der Waals surface area contributed by atoms with E-state index in [4.69, 9.17) is 9.47 Å². The van der Waals surface area contributed by atoms with Crippen LogP contribution in [0, 0.1) is 11.7 Å². The quantitative estimate of drug-likeness (QED) is 0.855. The smallest absolute Gasteiger partial charge is 0.246 e. The first-order valence-electron chi connectivity index (χ1n) is 6.81. The molecule has 118 valence electrons. The van der Waals surface area contributed by atoms with Crippen molar-refractivity contribution in [2.24, 2.45) is 5.92 Å². The van der Waals surface area contributed by atoms with Crippen molar-refractivity contribution in [2.75, 3.05) is 27.3 Å². The topological polar surface area (TPSA) is 55.8 Å². The van der Waals surface area contributed by atoms with Gasteiger partial charge in [0.1, 0.15) is 10.7 Å². The minimum absolute atomic E-state index is 0.168. The highest BCUT2D eigenvalue weighted by molar-refractivity contribution is 7.89. The zero-order chi connectivity index (χ0) is 15.6. The number of benzene rings is 1. The fourth-order valence-electron chi connectivity index (χ4n) is 2.54. The van der Waals surface area contributed by atoms with Crippen LogP contribution >= 0.6 is 0 Å². The van der Waals surface area contributed by atoms with Crippen LogP contribution < -0.4 is 9.47 Å². The molecule has 1 aliphatic rings. The number of hydrogen-bond donors (Lipinski definition) is 0. The summed E-state index contributed by atoms with van der Waals surface area (Å²) in [6.07, 6.45) is 1.77. The van der Waals surface area contributed by atoms with Crippen LogP contribution in [-0.4, -0.2) is 40.0 Å². The Morgan fingerprint density at radius 3 is 2.43 bits per heavy atom. The van der Waals surface area contributed by atoms with Crippen LogP contribution in [0.4, 0.5) is 4.39 Å². The summed E-state index contributed by atoms with van der Waals surface area (Å²) in [5.41, 5.74) is 0. The molecule has 1 heterocycles. The Bertz CT molecular complexity index is 618. The Kier molecular flexibility index (Phi) is 4.73. The lowest BCUT2D eigenvalue weighted by atomic mass is 10.0. The summed E-state index contributed by atoms with van der Waals surface area (Å²) in [5, 5.41) is 0. The van der Waals surface area contributed by atoms with Crippen LogP contribution in [-0.2, 0) is 10.0 Å². The molecule has 1 saturated heterocycles. The molecule has 2 rings (SSSR count). The van der Waals surface area contributed by atoms with Gasteiger partial charge in [0.2, 0.25) is 10.0 Å². The first-order valence-corrected chi connectivity index (χ1v) is 8.25. The van der Waals surface area contributed by atoms with Crippen molar-refractivity contribution in [1.82, 2.24) is 4.31 Å². The number of rotatable bonds is 4. The summed E-state index contributed by atoms with van der Waals surface area (Å²) >= 11 is 0. The van der Waals surface area contributed by atoms with Gasteiger partial charge in [-0.15, -0.1) is 0 Å². The zero-order valence-corrected chi connectivity index (χ0v) is 13.2. The molecule has 1 aromatic rings. The van der Waals surface area contributed by atoms with Crippen molar-refractivity contribution in [1.29, 1.82) is 0 Å². The molecule has 0 aromatic heterocycles. The Morgan fingerprint density at radius 1 is 1.24 bits per heavy atom. The largest absolute Gasteiger partial charge is 0.493 e. The molecule has 5 nitrogen and oxygen atoms in total. The second-order valence-corrected chi connectivity index (χ2v) is 7.15. The van der Waals surface area contributed by atoms with Gasteiger partial charge in [-0.1, -0.05) is 6.92 Å². The van der Waals surface area contributed by atoms with E-state index in [-0.39, 0.29) is 22.3 Å². The number of nitrogens with zero attached hydrogens (tertiary/aromatic N) is 1. The zero-order valence-electron chi connectivity index (χ0n) is 12.4. The first kappa shape index (κ1) is 16.0. The molecule has 0 bridgehead atoms. The van der Waals surface area contributed by atoms with Gasteiger partial charge in [0.25, 0.3) is 0 Å². The molecule has 0 unspecified atom stereocenters. The van der Waals surface area contributed by atoms with Crippen molar-refractivity contribution in [3.63, 3.8) is 0 Å². The van der Waals surface area contributed by atoms with Gasteiger partial charge in [-0.3, -0.25) is 0 Å². The van der Waals surface area contributed by atoms with Crippen LogP contribution in [0.5, 0.6) is 11.5 Å². The van der Waals surface area contributed by atoms with Crippen LogP contribution in [0.15, 0.2) is 17.0 Å². The standard InChI is InChI=1S/C14H20FNO4S/c1-10-5-4-6-16(9-10)21(17,18)14-8-13(20-3)12(19-2)7-11(14)15/h7-8,10H,4-6,9H2,1-3H3/t10-/m0/s1. The van der Waals surface area contributed by atoms with E-state index in [2.05, 4.69) is 0 Å². The van der Waals surface area contributed by atoms with E-state index < -0.39 is 15.8 Å². The van der Waals surface area contributed by atoms with Gasteiger partial charge < -0.3 is 9.47 Å². The SMILES string of the molecule is COc1cc(F)c(S(=O)(=O)N2CCC[C@H](C)C2)cc1OC. The number of hydrogen-bond acceptors (Lipinski definition) is 4. The van der Waals surface area contributed by atoms with Crippen molar-refractivity contribution in [2.45, 2.75) is 24.7 Å². The Morgan fingerprint density at radius 2 is 1.86 bits per heavy atom. The normalized spacial score (nSPS) is 20.3. The predicted molar refractivity (Wildman–Crippen MR) is 76.7 cm³/mol. The average Bonchev–Trinajstić information content (AvgIpc) is 2.46. The molecular weight excluding hydrogens is 297 g/mol. The lowest BCUT2D eigenvalue weighted by Gasteiger charge is -2.30.